The topological polar surface area (TPSA) is 61.7 Å². The molecule has 4 nitrogen and oxygen atoms in total. The molecule has 0 aliphatic carbocycles. The van der Waals surface area contributed by atoms with Gasteiger partial charge in [-0.1, -0.05) is 24.3 Å². The highest BCUT2D eigenvalue weighted by Gasteiger charge is 2.26. The van der Waals surface area contributed by atoms with Gasteiger partial charge in [0.2, 0.25) is 0 Å². The molecule has 4 rings (SSSR count). The molecule has 3 aromatic carbocycles. The van der Waals surface area contributed by atoms with Crippen molar-refractivity contribution in [2.75, 3.05) is 7.11 Å². The number of ether oxygens (including phenoxy) is 1. The van der Waals surface area contributed by atoms with Gasteiger partial charge in [0.1, 0.15) is 17.2 Å². The summed E-state index contributed by atoms with van der Waals surface area (Å²) in [6, 6.07) is 12.0. The molecule has 1 heterocycles. The minimum atomic E-state index is 0.0851. The lowest BCUT2D eigenvalue weighted by molar-refractivity contribution is 0.410. The van der Waals surface area contributed by atoms with Gasteiger partial charge in [-0.15, -0.1) is 0 Å². The molecule has 0 aromatic heterocycles. The second-order valence-corrected chi connectivity index (χ2v) is 7.50. The van der Waals surface area contributed by atoms with E-state index in [0.29, 0.717) is 22.9 Å². The molecular weight excluding hydrogens is 338 g/mol. The summed E-state index contributed by atoms with van der Waals surface area (Å²) in [6.45, 7) is 6.20. The summed E-state index contributed by atoms with van der Waals surface area (Å²) in [7, 11) is 1.60. The van der Waals surface area contributed by atoms with Crippen LogP contribution in [0, 0.1) is 6.92 Å². The van der Waals surface area contributed by atoms with Gasteiger partial charge in [0.05, 0.1) is 12.5 Å². The van der Waals surface area contributed by atoms with Crippen molar-refractivity contribution in [1.82, 2.24) is 5.32 Å². The van der Waals surface area contributed by atoms with Crippen LogP contribution in [0.15, 0.2) is 36.4 Å². The van der Waals surface area contributed by atoms with Crippen molar-refractivity contribution in [3.63, 3.8) is 0 Å². The lowest BCUT2D eigenvalue weighted by atomic mass is 9.85. The molecule has 2 atom stereocenters. The van der Waals surface area contributed by atoms with Crippen LogP contribution in [-0.2, 0) is 6.42 Å². The number of benzene rings is 3. The second-order valence-electron chi connectivity index (χ2n) is 7.50. The highest BCUT2D eigenvalue weighted by atomic mass is 16.5. The number of nitrogens with one attached hydrogen (secondary N) is 1. The first-order chi connectivity index (χ1) is 12.9. The Hall–Kier alpha value is -2.72. The van der Waals surface area contributed by atoms with E-state index in [1.807, 2.05) is 31.2 Å². The molecule has 0 bridgehead atoms. The van der Waals surface area contributed by atoms with Crippen molar-refractivity contribution in [2.45, 2.75) is 39.3 Å². The standard InChI is InChI=1S/C23H25NO3/c1-12-10-18(25)22-16(6-5-7-19(22)27-4)20(12)17-9-8-15-11-13(2)24-14(3)21(15)23(17)26/h5-10,13-14,24-26H,11H2,1-4H3/t13-,14-/m1/s1. The second kappa shape index (κ2) is 6.46. The van der Waals surface area contributed by atoms with E-state index >= 15 is 0 Å². The van der Waals surface area contributed by atoms with Gasteiger partial charge in [-0.2, -0.15) is 0 Å². The van der Waals surface area contributed by atoms with Crippen LogP contribution in [0.25, 0.3) is 21.9 Å². The highest BCUT2D eigenvalue weighted by Crippen LogP contribution is 2.46. The molecule has 0 spiro atoms. The van der Waals surface area contributed by atoms with Gasteiger partial charge in [-0.25, -0.2) is 0 Å². The van der Waals surface area contributed by atoms with E-state index in [1.165, 1.54) is 5.56 Å². The molecule has 0 fully saturated rings. The van der Waals surface area contributed by atoms with Crippen molar-refractivity contribution >= 4 is 10.8 Å². The Morgan fingerprint density at radius 1 is 1.11 bits per heavy atom. The number of phenolic OH excluding ortho intramolecular Hbond substituents is 2. The van der Waals surface area contributed by atoms with Crippen molar-refractivity contribution in [3.8, 4) is 28.4 Å². The summed E-state index contributed by atoms with van der Waals surface area (Å²) in [4.78, 5) is 0. The molecule has 140 valence electrons. The third-order valence-electron chi connectivity index (χ3n) is 5.59. The number of fused-ring (bicyclic) bond motifs is 2. The van der Waals surface area contributed by atoms with Gasteiger partial charge in [0, 0.05) is 23.2 Å². The zero-order chi connectivity index (χ0) is 19.3. The molecule has 3 aromatic rings. The average molecular weight is 363 g/mol. The van der Waals surface area contributed by atoms with E-state index in [4.69, 9.17) is 4.74 Å². The minimum absolute atomic E-state index is 0.0851. The van der Waals surface area contributed by atoms with E-state index in [9.17, 15) is 10.2 Å². The Balaban J connectivity index is 2.03. The number of phenols is 2. The van der Waals surface area contributed by atoms with Crippen LogP contribution in [0.2, 0.25) is 0 Å². The van der Waals surface area contributed by atoms with Gasteiger partial charge in [-0.05, 0) is 61.4 Å². The zero-order valence-electron chi connectivity index (χ0n) is 16.1. The maximum atomic E-state index is 11.2. The molecule has 0 amide bonds. The van der Waals surface area contributed by atoms with Crippen LogP contribution in [0.4, 0.5) is 0 Å². The summed E-state index contributed by atoms with van der Waals surface area (Å²) < 4.78 is 5.46. The predicted octanol–water partition coefficient (Wildman–Crippen LogP) is 4.83. The summed E-state index contributed by atoms with van der Waals surface area (Å²) in [5.74, 6) is 1.12. The Bertz CT molecular complexity index is 1040. The maximum Gasteiger partial charge on any atom is 0.130 e. The molecule has 1 aliphatic heterocycles. The Morgan fingerprint density at radius 2 is 1.89 bits per heavy atom. The largest absolute Gasteiger partial charge is 0.507 e. The summed E-state index contributed by atoms with van der Waals surface area (Å²) >= 11 is 0. The fraction of sp³-hybridized carbons (Fsp3) is 0.304. The zero-order valence-corrected chi connectivity index (χ0v) is 16.1. The number of aryl methyl sites for hydroxylation is 1. The van der Waals surface area contributed by atoms with Crippen LogP contribution in [0.5, 0.6) is 17.2 Å². The van der Waals surface area contributed by atoms with Crippen LogP contribution in [-0.4, -0.2) is 23.4 Å². The van der Waals surface area contributed by atoms with Crippen LogP contribution >= 0.6 is 0 Å². The lowest BCUT2D eigenvalue weighted by Crippen LogP contribution is -2.36. The van der Waals surface area contributed by atoms with Crippen molar-refractivity contribution in [2.24, 2.45) is 0 Å². The van der Waals surface area contributed by atoms with Crippen LogP contribution in [0.3, 0.4) is 0 Å². The van der Waals surface area contributed by atoms with Crippen molar-refractivity contribution in [1.29, 1.82) is 0 Å². The first kappa shape index (κ1) is 17.7. The molecule has 1 aliphatic rings. The van der Waals surface area contributed by atoms with E-state index in [0.717, 1.165) is 34.1 Å². The van der Waals surface area contributed by atoms with Gasteiger partial charge in [0.25, 0.3) is 0 Å². The van der Waals surface area contributed by atoms with E-state index in [2.05, 4.69) is 25.2 Å². The normalized spacial score (nSPS) is 19.1. The van der Waals surface area contributed by atoms with E-state index < -0.39 is 0 Å². The van der Waals surface area contributed by atoms with Crippen molar-refractivity contribution < 1.29 is 14.9 Å². The molecule has 4 heteroatoms. The molecule has 0 unspecified atom stereocenters. The Kier molecular flexibility index (Phi) is 4.23. The van der Waals surface area contributed by atoms with Crippen molar-refractivity contribution in [3.05, 3.63) is 53.1 Å². The smallest absolute Gasteiger partial charge is 0.130 e. The molecule has 0 saturated heterocycles. The monoisotopic (exact) mass is 363 g/mol. The third-order valence-corrected chi connectivity index (χ3v) is 5.59. The van der Waals surface area contributed by atoms with Gasteiger partial charge < -0.3 is 20.3 Å². The number of hydrogen-bond acceptors (Lipinski definition) is 4. The third kappa shape index (κ3) is 2.72. The first-order valence-corrected chi connectivity index (χ1v) is 9.32. The Labute approximate surface area is 159 Å². The van der Waals surface area contributed by atoms with Crippen LogP contribution in [0.1, 0.15) is 36.6 Å². The van der Waals surface area contributed by atoms with E-state index in [1.54, 1.807) is 13.2 Å². The SMILES string of the molecule is COc1cccc2c(-c3ccc4c(c3O)[C@@H](C)N[C@H](C)C4)c(C)cc(O)c12. The van der Waals surface area contributed by atoms with Gasteiger partial charge in [-0.3, -0.25) is 0 Å². The molecule has 0 radical (unpaired) electrons. The molecule has 3 N–H and O–H groups in total. The summed E-state index contributed by atoms with van der Waals surface area (Å²) in [6.07, 6.45) is 0.899. The van der Waals surface area contributed by atoms with Crippen LogP contribution < -0.4 is 10.1 Å². The molecule has 0 saturated carbocycles. The predicted molar refractivity (Wildman–Crippen MR) is 109 cm³/mol. The number of hydrogen-bond donors (Lipinski definition) is 3. The molecular formula is C23H25NO3. The summed E-state index contributed by atoms with van der Waals surface area (Å²) in [5, 5.41) is 26.8. The first-order valence-electron chi connectivity index (χ1n) is 9.32. The van der Waals surface area contributed by atoms with Gasteiger partial charge >= 0.3 is 0 Å². The Morgan fingerprint density at radius 3 is 2.63 bits per heavy atom. The number of methoxy groups -OCH3 is 1. The van der Waals surface area contributed by atoms with Gasteiger partial charge in [0.15, 0.2) is 0 Å². The number of aromatic hydroxyl groups is 2. The highest BCUT2D eigenvalue weighted by molar-refractivity contribution is 6.05. The van der Waals surface area contributed by atoms with E-state index in [-0.39, 0.29) is 11.8 Å². The summed E-state index contributed by atoms with van der Waals surface area (Å²) in [5.41, 5.74) is 4.77. The lowest BCUT2D eigenvalue weighted by Gasteiger charge is -2.31. The number of rotatable bonds is 2. The fourth-order valence-electron chi connectivity index (χ4n) is 4.50. The fourth-order valence-corrected chi connectivity index (χ4v) is 4.50. The quantitative estimate of drug-likeness (QED) is 0.610. The minimum Gasteiger partial charge on any atom is -0.507 e. The maximum absolute atomic E-state index is 11.2. The molecule has 27 heavy (non-hydrogen) atoms. The average Bonchev–Trinajstić information content (AvgIpc) is 2.62.